The number of rotatable bonds is 6. The van der Waals surface area contributed by atoms with Gasteiger partial charge in [-0.25, -0.2) is 4.79 Å². The van der Waals surface area contributed by atoms with Crippen molar-refractivity contribution in [2.24, 2.45) is 0 Å². The number of benzene rings is 1. The maximum atomic E-state index is 12.8. The van der Waals surface area contributed by atoms with E-state index in [2.05, 4.69) is 5.32 Å². The molecule has 0 bridgehead atoms. The number of nitrogens with one attached hydrogen (secondary N) is 1. The number of thiophene rings is 1. The first-order valence-electron chi connectivity index (χ1n) is 8.37. The number of hydrogen-bond acceptors (Lipinski definition) is 5. The molecule has 1 aliphatic rings. The van der Waals surface area contributed by atoms with Crippen molar-refractivity contribution >= 4 is 23.2 Å². The lowest BCUT2D eigenvalue weighted by atomic mass is 10.1. The van der Waals surface area contributed by atoms with Gasteiger partial charge in [0.05, 0.1) is 7.11 Å². The zero-order valence-electron chi connectivity index (χ0n) is 14.1. The van der Waals surface area contributed by atoms with Crippen LogP contribution in [0.25, 0.3) is 0 Å². The van der Waals surface area contributed by atoms with Crippen molar-refractivity contribution in [3.8, 4) is 5.75 Å². The van der Waals surface area contributed by atoms with E-state index >= 15 is 0 Å². The predicted molar refractivity (Wildman–Crippen MR) is 95.9 cm³/mol. The molecule has 1 heterocycles. The number of hydrogen-bond donors (Lipinski definition) is 1. The molecule has 1 aromatic heterocycles. The van der Waals surface area contributed by atoms with Crippen LogP contribution in [-0.4, -0.2) is 25.0 Å². The molecule has 0 aliphatic heterocycles. The molecule has 132 valence electrons. The molecule has 1 aliphatic carbocycles. The fourth-order valence-corrected chi connectivity index (χ4v) is 3.65. The zero-order chi connectivity index (χ0) is 17.6. The average molecular weight is 359 g/mol. The molecule has 0 radical (unpaired) electrons. The third-order valence-corrected chi connectivity index (χ3v) is 5.16. The van der Waals surface area contributed by atoms with Crippen LogP contribution in [0.1, 0.15) is 47.0 Å². The highest BCUT2D eigenvalue weighted by atomic mass is 32.1. The Labute approximate surface area is 151 Å². The normalized spacial score (nSPS) is 15.6. The van der Waals surface area contributed by atoms with Crippen LogP contribution < -0.4 is 10.1 Å². The lowest BCUT2D eigenvalue weighted by molar-refractivity contribution is -0.131. The number of esters is 1. The van der Waals surface area contributed by atoms with Crippen LogP contribution in [0.4, 0.5) is 0 Å². The summed E-state index contributed by atoms with van der Waals surface area (Å²) < 4.78 is 10.9. The number of para-hydroxylation sites is 1. The first kappa shape index (κ1) is 17.5. The molecule has 1 saturated carbocycles. The van der Waals surface area contributed by atoms with Crippen LogP contribution in [0.2, 0.25) is 0 Å². The Morgan fingerprint density at radius 2 is 1.92 bits per heavy atom. The Balaban J connectivity index is 1.84. The SMILES string of the molecule is COc1ccccc1[C@H](OC(=O)c1cccs1)C(=O)NC1CCCC1. The van der Waals surface area contributed by atoms with Crippen molar-refractivity contribution in [1.82, 2.24) is 5.32 Å². The second-order valence-corrected chi connectivity index (χ2v) is 6.94. The maximum absolute atomic E-state index is 12.8. The summed E-state index contributed by atoms with van der Waals surface area (Å²) in [6.45, 7) is 0. The van der Waals surface area contributed by atoms with Gasteiger partial charge in [0.15, 0.2) is 0 Å². The van der Waals surface area contributed by atoms with Crippen LogP contribution >= 0.6 is 11.3 Å². The molecule has 1 fully saturated rings. The van der Waals surface area contributed by atoms with Crippen LogP contribution in [0.15, 0.2) is 41.8 Å². The molecule has 1 aromatic carbocycles. The summed E-state index contributed by atoms with van der Waals surface area (Å²) in [6.07, 6.45) is 3.11. The van der Waals surface area contributed by atoms with Gasteiger partial charge in [-0.3, -0.25) is 4.79 Å². The highest BCUT2D eigenvalue weighted by Gasteiger charge is 2.30. The minimum Gasteiger partial charge on any atom is -0.496 e. The van der Waals surface area contributed by atoms with E-state index in [1.165, 1.54) is 18.4 Å². The second kappa shape index (κ2) is 8.16. The average Bonchev–Trinajstić information content (AvgIpc) is 3.33. The standard InChI is InChI=1S/C19H21NO4S/c1-23-15-10-5-4-9-14(15)17(18(21)20-13-7-2-3-8-13)24-19(22)16-11-6-12-25-16/h4-6,9-13,17H,2-3,7-8H2,1H3,(H,20,21)/t17-/m0/s1. The van der Waals surface area contributed by atoms with E-state index in [-0.39, 0.29) is 11.9 Å². The first-order chi connectivity index (χ1) is 12.2. The fraction of sp³-hybridized carbons (Fsp3) is 0.368. The van der Waals surface area contributed by atoms with E-state index < -0.39 is 12.1 Å². The highest BCUT2D eigenvalue weighted by Crippen LogP contribution is 2.30. The number of amides is 1. The summed E-state index contributed by atoms with van der Waals surface area (Å²) in [4.78, 5) is 25.7. The number of carbonyl (C=O) groups excluding carboxylic acids is 2. The van der Waals surface area contributed by atoms with E-state index in [1.54, 1.807) is 35.7 Å². The Kier molecular flexibility index (Phi) is 5.71. The van der Waals surface area contributed by atoms with E-state index in [0.717, 1.165) is 25.7 Å². The van der Waals surface area contributed by atoms with E-state index in [0.29, 0.717) is 16.2 Å². The van der Waals surface area contributed by atoms with Gasteiger partial charge >= 0.3 is 5.97 Å². The molecule has 0 spiro atoms. The molecule has 2 aromatic rings. The zero-order valence-corrected chi connectivity index (χ0v) is 14.9. The van der Waals surface area contributed by atoms with E-state index in [4.69, 9.17) is 9.47 Å². The van der Waals surface area contributed by atoms with E-state index in [1.807, 2.05) is 6.07 Å². The van der Waals surface area contributed by atoms with Crippen molar-refractivity contribution in [1.29, 1.82) is 0 Å². The van der Waals surface area contributed by atoms with Crippen molar-refractivity contribution < 1.29 is 19.1 Å². The van der Waals surface area contributed by atoms with Crippen molar-refractivity contribution in [3.05, 3.63) is 52.2 Å². The first-order valence-corrected chi connectivity index (χ1v) is 9.25. The molecule has 25 heavy (non-hydrogen) atoms. The molecule has 1 atom stereocenters. The van der Waals surface area contributed by atoms with Gasteiger partial charge in [-0.1, -0.05) is 37.1 Å². The molecule has 3 rings (SSSR count). The summed E-state index contributed by atoms with van der Waals surface area (Å²) in [5.74, 6) is -0.290. The molecule has 0 unspecified atom stereocenters. The van der Waals surface area contributed by atoms with Gasteiger partial charge in [-0.15, -0.1) is 11.3 Å². The van der Waals surface area contributed by atoms with Crippen molar-refractivity contribution in [3.63, 3.8) is 0 Å². The molecule has 1 N–H and O–H groups in total. The second-order valence-electron chi connectivity index (χ2n) is 5.99. The Morgan fingerprint density at radius 1 is 1.16 bits per heavy atom. The molecule has 5 nitrogen and oxygen atoms in total. The quantitative estimate of drug-likeness (QED) is 0.799. The number of methoxy groups -OCH3 is 1. The van der Waals surface area contributed by atoms with Gasteiger partial charge in [0.1, 0.15) is 10.6 Å². The maximum Gasteiger partial charge on any atom is 0.349 e. The minimum atomic E-state index is -1.04. The Hall–Kier alpha value is -2.34. The van der Waals surface area contributed by atoms with Gasteiger partial charge in [-0.2, -0.15) is 0 Å². The fourth-order valence-electron chi connectivity index (χ4n) is 3.05. The molecule has 6 heteroatoms. The topological polar surface area (TPSA) is 64.6 Å². The molecule has 0 saturated heterocycles. The monoisotopic (exact) mass is 359 g/mol. The van der Waals surface area contributed by atoms with Crippen LogP contribution in [0.5, 0.6) is 5.75 Å². The highest BCUT2D eigenvalue weighted by molar-refractivity contribution is 7.11. The Morgan fingerprint density at radius 3 is 2.60 bits per heavy atom. The summed E-state index contributed by atoms with van der Waals surface area (Å²) >= 11 is 1.29. The molecule has 1 amide bonds. The third kappa shape index (κ3) is 4.20. The predicted octanol–water partition coefficient (Wildman–Crippen LogP) is 3.71. The molecular weight excluding hydrogens is 338 g/mol. The van der Waals surface area contributed by atoms with Gasteiger partial charge < -0.3 is 14.8 Å². The lowest BCUT2D eigenvalue weighted by Crippen LogP contribution is -2.38. The van der Waals surface area contributed by atoms with Gasteiger partial charge in [0.25, 0.3) is 5.91 Å². The van der Waals surface area contributed by atoms with E-state index in [9.17, 15) is 9.59 Å². The minimum absolute atomic E-state index is 0.144. The van der Waals surface area contributed by atoms with Crippen molar-refractivity contribution in [2.45, 2.75) is 37.8 Å². The summed E-state index contributed by atoms with van der Waals surface area (Å²) in [7, 11) is 1.53. The van der Waals surface area contributed by atoms with Crippen LogP contribution in [0.3, 0.4) is 0 Å². The van der Waals surface area contributed by atoms with Crippen molar-refractivity contribution in [2.75, 3.05) is 7.11 Å². The van der Waals surface area contributed by atoms with Gasteiger partial charge in [0.2, 0.25) is 6.10 Å². The summed E-state index contributed by atoms with van der Waals surface area (Å²) in [6, 6.07) is 10.7. The lowest BCUT2D eigenvalue weighted by Gasteiger charge is -2.21. The third-order valence-electron chi connectivity index (χ3n) is 4.31. The number of ether oxygens (including phenoxy) is 2. The van der Waals surface area contributed by atoms with Crippen LogP contribution in [-0.2, 0) is 9.53 Å². The molecular formula is C19H21NO4S. The Bertz CT molecular complexity index is 723. The van der Waals surface area contributed by atoms with Gasteiger partial charge in [-0.05, 0) is 30.4 Å². The summed E-state index contributed by atoms with van der Waals surface area (Å²) in [5, 5.41) is 4.81. The van der Waals surface area contributed by atoms with Crippen LogP contribution in [0, 0.1) is 0 Å². The largest absolute Gasteiger partial charge is 0.496 e. The summed E-state index contributed by atoms with van der Waals surface area (Å²) in [5.41, 5.74) is 0.547. The van der Waals surface area contributed by atoms with Gasteiger partial charge in [0, 0.05) is 11.6 Å². The number of carbonyl (C=O) groups is 2. The smallest absolute Gasteiger partial charge is 0.349 e.